The van der Waals surface area contributed by atoms with Gasteiger partial charge in [0.1, 0.15) is 12.2 Å². The SMILES string of the molecule is CC(C)CC(C)OC(=O)NN(CC(C)C)c1ccnc(C#N)n1. The van der Waals surface area contributed by atoms with Gasteiger partial charge in [-0.05, 0) is 25.2 Å². The highest BCUT2D eigenvalue weighted by atomic mass is 16.6. The molecule has 0 aliphatic heterocycles. The Morgan fingerprint density at radius 2 is 2.04 bits per heavy atom. The molecule has 7 heteroatoms. The first kappa shape index (κ1) is 18.7. The van der Waals surface area contributed by atoms with Crippen molar-refractivity contribution in [2.45, 2.75) is 47.1 Å². The van der Waals surface area contributed by atoms with Gasteiger partial charge in [0.25, 0.3) is 0 Å². The summed E-state index contributed by atoms with van der Waals surface area (Å²) in [5, 5.41) is 10.5. The van der Waals surface area contributed by atoms with Crippen LogP contribution in [-0.2, 0) is 4.74 Å². The van der Waals surface area contributed by atoms with Gasteiger partial charge < -0.3 is 4.74 Å². The summed E-state index contributed by atoms with van der Waals surface area (Å²) >= 11 is 0. The molecule has 1 heterocycles. The van der Waals surface area contributed by atoms with Gasteiger partial charge in [-0.1, -0.05) is 27.7 Å². The number of aromatic nitrogens is 2. The highest BCUT2D eigenvalue weighted by molar-refractivity contribution is 5.69. The van der Waals surface area contributed by atoms with Crippen LogP contribution in [0.3, 0.4) is 0 Å². The van der Waals surface area contributed by atoms with Crippen LogP contribution in [0.2, 0.25) is 0 Å². The van der Waals surface area contributed by atoms with Crippen LogP contribution in [0.4, 0.5) is 10.6 Å². The Hall–Kier alpha value is -2.36. The second kappa shape index (κ2) is 8.93. The highest BCUT2D eigenvalue weighted by Crippen LogP contribution is 2.12. The minimum atomic E-state index is -0.532. The molecule has 0 radical (unpaired) electrons. The molecule has 7 nitrogen and oxygen atoms in total. The van der Waals surface area contributed by atoms with Crippen LogP contribution in [0.5, 0.6) is 0 Å². The summed E-state index contributed by atoms with van der Waals surface area (Å²) < 4.78 is 5.35. The molecule has 23 heavy (non-hydrogen) atoms. The van der Waals surface area contributed by atoms with Crippen molar-refractivity contribution >= 4 is 11.9 Å². The second-order valence-corrected chi connectivity index (χ2v) is 6.31. The maximum absolute atomic E-state index is 12.1. The number of anilines is 1. The summed E-state index contributed by atoms with van der Waals surface area (Å²) in [7, 11) is 0. The van der Waals surface area contributed by atoms with Gasteiger partial charge in [-0.25, -0.2) is 15.2 Å². The zero-order chi connectivity index (χ0) is 17.4. The average Bonchev–Trinajstić information content (AvgIpc) is 2.45. The van der Waals surface area contributed by atoms with Gasteiger partial charge in [0.15, 0.2) is 5.82 Å². The van der Waals surface area contributed by atoms with Crippen molar-refractivity contribution in [2.75, 3.05) is 11.6 Å². The van der Waals surface area contributed by atoms with E-state index in [-0.39, 0.29) is 17.8 Å². The van der Waals surface area contributed by atoms with Crippen LogP contribution >= 0.6 is 0 Å². The number of hydrogen-bond acceptors (Lipinski definition) is 6. The molecule has 1 amide bonds. The third kappa shape index (κ3) is 6.96. The van der Waals surface area contributed by atoms with E-state index < -0.39 is 6.09 Å². The number of carbonyl (C=O) groups is 1. The first-order valence-corrected chi connectivity index (χ1v) is 7.79. The Morgan fingerprint density at radius 1 is 1.35 bits per heavy atom. The Labute approximate surface area is 137 Å². The zero-order valence-corrected chi connectivity index (χ0v) is 14.4. The molecule has 1 rings (SSSR count). The van der Waals surface area contributed by atoms with E-state index in [0.717, 1.165) is 6.42 Å². The number of hydrazine groups is 1. The van der Waals surface area contributed by atoms with Crippen molar-refractivity contribution in [1.29, 1.82) is 5.26 Å². The fourth-order valence-corrected chi connectivity index (χ4v) is 2.15. The molecule has 0 saturated heterocycles. The third-order valence-corrected chi connectivity index (χ3v) is 2.90. The third-order valence-electron chi connectivity index (χ3n) is 2.90. The highest BCUT2D eigenvalue weighted by Gasteiger charge is 2.17. The Bertz CT molecular complexity index is 554. The van der Waals surface area contributed by atoms with E-state index in [4.69, 9.17) is 10.00 Å². The van der Waals surface area contributed by atoms with Gasteiger partial charge in [0, 0.05) is 18.8 Å². The molecule has 0 aromatic carbocycles. The molecule has 0 aliphatic rings. The Balaban J connectivity index is 2.78. The number of carbonyl (C=O) groups excluding carboxylic acids is 1. The lowest BCUT2D eigenvalue weighted by molar-refractivity contribution is 0.0943. The second-order valence-electron chi connectivity index (χ2n) is 6.31. The van der Waals surface area contributed by atoms with E-state index in [1.54, 1.807) is 11.1 Å². The van der Waals surface area contributed by atoms with Gasteiger partial charge in [0.2, 0.25) is 5.82 Å². The van der Waals surface area contributed by atoms with Gasteiger partial charge in [-0.2, -0.15) is 10.2 Å². The van der Waals surface area contributed by atoms with Gasteiger partial charge in [0.05, 0.1) is 0 Å². The molecule has 1 aromatic rings. The van der Waals surface area contributed by atoms with Crippen LogP contribution in [-0.4, -0.2) is 28.7 Å². The molecule has 0 aliphatic carbocycles. The summed E-state index contributed by atoms with van der Waals surface area (Å²) in [6.45, 7) is 10.6. The number of nitriles is 1. The zero-order valence-electron chi connectivity index (χ0n) is 14.4. The molecule has 0 fully saturated rings. The maximum Gasteiger partial charge on any atom is 0.426 e. The first-order valence-electron chi connectivity index (χ1n) is 7.79. The van der Waals surface area contributed by atoms with Crippen LogP contribution in [0.1, 0.15) is 46.9 Å². The molecule has 126 valence electrons. The smallest absolute Gasteiger partial charge is 0.426 e. The number of nitrogens with zero attached hydrogens (tertiary/aromatic N) is 4. The van der Waals surface area contributed by atoms with Gasteiger partial charge >= 0.3 is 6.09 Å². The summed E-state index contributed by atoms with van der Waals surface area (Å²) in [6, 6.07) is 3.53. The van der Waals surface area contributed by atoms with Crippen molar-refractivity contribution in [1.82, 2.24) is 15.4 Å². The lowest BCUT2D eigenvalue weighted by atomic mass is 10.1. The van der Waals surface area contributed by atoms with E-state index >= 15 is 0 Å². The molecule has 1 N–H and O–H groups in total. The molecular weight excluding hydrogens is 294 g/mol. The number of rotatable bonds is 7. The van der Waals surface area contributed by atoms with Crippen molar-refractivity contribution in [3.63, 3.8) is 0 Å². The topological polar surface area (TPSA) is 91.1 Å². The lowest BCUT2D eigenvalue weighted by Gasteiger charge is -2.26. The van der Waals surface area contributed by atoms with E-state index in [0.29, 0.717) is 18.3 Å². The fraction of sp³-hybridized carbons (Fsp3) is 0.625. The Kier molecular flexibility index (Phi) is 7.26. The van der Waals surface area contributed by atoms with Crippen LogP contribution in [0.15, 0.2) is 12.3 Å². The number of ether oxygens (including phenoxy) is 1. The quantitative estimate of drug-likeness (QED) is 0.777. The first-order chi connectivity index (χ1) is 10.8. The van der Waals surface area contributed by atoms with Crippen molar-refractivity contribution in [3.8, 4) is 6.07 Å². The van der Waals surface area contributed by atoms with Gasteiger partial charge in [-0.15, -0.1) is 0 Å². The summed E-state index contributed by atoms with van der Waals surface area (Å²) in [6.07, 6.45) is 1.58. The summed E-state index contributed by atoms with van der Waals surface area (Å²) in [5.41, 5.74) is 2.69. The van der Waals surface area contributed by atoms with Crippen LogP contribution < -0.4 is 10.4 Å². The minimum absolute atomic E-state index is 0.0552. The molecule has 1 atom stereocenters. The van der Waals surface area contributed by atoms with Gasteiger partial charge in [-0.3, -0.25) is 5.01 Å². The van der Waals surface area contributed by atoms with Crippen LogP contribution in [0.25, 0.3) is 0 Å². The van der Waals surface area contributed by atoms with E-state index in [1.165, 1.54) is 6.20 Å². The van der Waals surface area contributed by atoms with Crippen LogP contribution in [0, 0.1) is 23.2 Å². The molecule has 0 spiro atoms. The van der Waals surface area contributed by atoms with E-state index in [1.807, 2.05) is 26.8 Å². The number of hydrogen-bond donors (Lipinski definition) is 1. The maximum atomic E-state index is 12.1. The van der Waals surface area contributed by atoms with Crippen molar-refractivity contribution in [2.24, 2.45) is 11.8 Å². The summed E-state index contributed by atoms with van der Waals surface area (Å²) in [5.74, 6) is 1.24. The predicted molar refractivity (Wildman–Crippen MR) is 87.5 cm³/mol. The molecule has 1 aromatic heterocycles. The molecule has 0 bridgehead atoms. The average molecular weight is 319 g/mol. The minimum Gasteiger partial charge on any atom is -0.445 e. The predicted octanol–water partition coefficient (Wildman–Crippen LogP) is 2.89. The Morgan fingerprint density at radius 3 is 2.61 bits per heavy atom. The lowest BCUT2D eigenvalue weighted by Crippen LogP contribution is -2.46. The van der Waals surface area contributed by atoms with Crippen molar-refractivity contribution in [3.05, 3.63) is 18.1 Å². The van der Waals surface area contributed by atoms with Crippen molar-refractivity contribution < 1.29 is 9.53 Å². The van der Waals surface area contributed by atoms with E-state index in [2.05, 4.69) is 29.2 Å². The largest absolute Gasteiger partial charge is 0.445 e. The molecule has 0 saturated carbocycles. The van der Waals surface area contributed by atoms with E-state index in [9.17, 15) is 4.79 Å². The monoisotopic (exact) mass is 319 g/mol. The normalized spacial score (nSPS) is 11.9. The fourth-order valence-electron chi connectivity index (χ4n) is 2.15. The number of amides is 1. The molecule has 1 unspecified atom stereocenters. The standard InChI is InChI=1S/C16H25N5O2/c1-11(2)8-13(5)23-16(22)20-21(10-12(3)4)15-6-7-18-14(9-17)19-15/h6-7,11-13H,8,10H2,1-5H3,(H,20,22). The number of nitrogens with one attached hydrogen (secondary N) is 1. The summed E-state index contributed by atoms with van der Waals surface area (Å²) in [4.78, 5) is 20.0. The molecular formula is C16H25N5O2.